The van der Waals surface area contributed by atoms with Gasteiger partial charge in [0.2, 0.25) is 0 Å². The predicted octanol–water partition coefficient (Wildman–Crippen LogP) is 2.27. The largest absolute Gasteiger partial charge is 0.482 e. The Hall–Kier alpha value is -2.21. The quantitative estimate of drug-likeness (QED) is 0.751. The van der Waals surface area contributed by atoms with E-state index in [0.717, 1.165) is 5.69 Å². The molecule has 0 fully saturated rings. The van der Waals surface area contributed by atoms with Crippen LogP contribution in [0.2, 0.25) is 0 Å². The molecule has 0 spiro atoms. The lowest BCUT2D eigenvalue weighted by atomic mass is 10.2. The smallest absolute Gasteiger partial charge is 0.262 e. The zero-order chi connectivity index (χ0) is 13.2. The maximum Gasteiger partial charge on any atom is 0.262 e. The number of rotatable bonds is 3. The number of amides is 1. The zero-order valence-corrected chi connectivity index (χ0v) is 10.9. The number of carbonyl (C=O) groups is 1. The highest BCUT2D eigenvalue weighted by Gasteiger charge is 2.17. The molecule has 0 unspecified atom stereocenters. The molecule has 2 heterocycles. The van der Waals surface area contributed by atoms with Gasteiger partial charge in [0.15, 0.2) is 6.61 Å². The first-order valence-electron chi connectivity index (χ1n) is 5.83. The van der Waals surface area contributed by atoms with Crippen LogP contribution in [0.25, 0.3) is 0 Å². The molecule has 0 saturated heterocycles. The van der Waals surface area contributed by atoms with E-state index in [2.05, 4.69) is 22.1 Å². The van der Waals surface area contributed by atoms with E-state index in [4.69, 9.17) is 10.5 Å². The number of hydrogen-bond donors (Lipinski definition) is 3. The van der Waals surface area contributed by atoms with Gasteiger partial charge in [-0.1, -0.05) is 0 Å². The highest BCUT2D eigenvalue weighted by atomic mass is 32.1. The minimum Gasteiger partial charge on any atom is -0.482 e. The van der Waals surface area contributed by atoms with Crippen LogP contribution < -0.4 is 21.1 Å². The minimum absolute atomic E-state index is 0.0358. The summed E-state index contributed by atoms with van der Waals surface area (Å²) in [7, 11) is 0. The van der Waals surface area contributed by atoms with E-state index in [0.29, 0.717) is 23.7 Å². The van der Waals surface area contributed by atoms with Crippen LogP contribution in [0.15, 0.2) is 29.0 Å². The lowest BCUT2D eigenvalue weighted by Crippen LogP contribution is -2.25. The predicted molar refractivity (Wildman–Crippen MR) is 76.6 cm³/mol. The minimum atomic E-state index is -0.152. The number of hydrogen-bond acceptors (Lipinski definition) is 5. The van der Waals surface area contributed by atoms with Crippen LogP contribution in [0.3, 0.4) is 0 Å². The van der Waals surface area contributed by atoms with Gasteiger partial charge in [0.25, 0.3) is 5.91 Å². The Labute approximate surface area is 114 Å². The van der Waals surface area contributed by atoms with Crippen molar-refractivity contribution in [3.8, 4) is 5.75 Å². The number of carbonyl (C=O) groups excluding carboxylic acids is 1. The molecule has 19 heavy (non-hydrogen) atoms. The molecule has 2 aromatic rings. The van der Waals surface area contributed by atoms with Gasteiger partial charge in [0.05, 0.1) is 17.1 Å². The molecule has 98 valence electrons. The molecule has 1 aromatic heterocycles. The molecule has 1 amide bonds. The maximum absolute atomic E-state index is 11.3. The summed E-state index contributed by atoms with van der Waals surface area (Å²) in [4.78, 5) is 11.3. The van der Waals surface area contributed by atoms with Crippen molar-refractivity contribution >= 4 is 34.3 Å². The Morgan fingerprint density at radius 3 is 3.16 bits per heavy atom. The molecular weight excluding hydrogens is 262 g/mol. The van der Waals surface area contributed by atoms with E-state index in [1.165, 1.54) is 5.56 Å². The topological polar surface area (TPSA) is 76.4 Å². The van der Waals surface area contributed by atoms with Crippen LogP contribution in [0, 0.1) is 0 Å². The number of nitrogens with one attached hydrogen (secondary N) is 2. The van der Waals surface area contributed by atoms with E-state index in [-0.39, 0.29) is 12.5 Å². The lowest BCUT2D eigenvalue weighted by Gasteiger charge is -2.20. The van der Waals surface area contributed by atoms with Crippen molar-refractivity contribution < 1.29 is 9.53 Å². The van der Waals surface area contributed by atoms with Crippen LogP contribution in [-0.2, 0) is 11.3 Å². The molecule has 4 N–H and O–H groups in total. The van der Waals surface area contributed by atoms with Crippen molar-refractivity contribution in [3.63, 3.8) is 0 Å². The molecule has 0 radical (unpaired) electrons. The highest BCUT2D eigenvalue weighted by Crippen LogP contribution is 2.35. The van der Waals surface area contributed by atoms with E-state index >= 15 is 0 Å². The molecule has 1 aliphatic heterocycles. The summed E-state index contributed by atoms with van der Waals surface area (Å²) >= 11 is 1.65. The number of anilines is 3. The Balaban J connectivity index is 1.81. The Bertz CT molecular complexity index is 611. The standard InChI is InChI=1S/C13H13N3O2S/c14-9-3-12-11(16-13(17)6-18-12)4-10(9)15-5-8-1-2-19-7-8/h1-4,7,15H,5-6,14H2,(H,16,17). The van der Waals surface area contributed by atoms with Crippen LogP contribution in [0.1, 0.15) is 5.56 Å². The number of thiophene rings is 1. The fourth-order valence-electron chi connectivity index (χ4n) is 1.89. The van der Waals surface area contributed by atoms with E-state index in [1.807, 2.05) is 5.38 Å². The van der Waals surface area contributed by atoms with Crippen molar-refractivity contribution in [2.45, 2.75) is 6.54 Å². The fourth-order valence-corrected chi connectivity index (χ4v) is 2.55. The maximum atomic E-state index is 11.3. The first-order chi connectivity index (χ1) is 9.22. The lowest BCUT2D eigenvalue weighted by molar-refractivity contribution is -0.118. The third kappa shape index (κ3) is 2.48. The van der Waals surface area contributed by atoms with Crippen molar-refractivity contribution in [2.75, 3.05) is 23.0 Å². The number of nitrogens with two attached hydrogens (primary N) is 1. The van der Waals surface area contributed by atoms with E-state index in [9.17, 15) is 4.79 Å². The third-order valence-corrected chi connectivity index (χ3v) is 3.58. The molecule has 6 heteroatoms. The first kappa shape index (κ1) is 11.9. The zero-order valence-electron chi connectivity index (χ0n) is 10.1. The first-order valence-corrected chi connectivity index (χ1v) is 6.78. The second-order valence-electron chi connectivity index (χ2n) is 4.26. The van der Waals surface area contributed by atoms with E-state index in [1.54, 1.807) is 23.5 Å². The monoisotopic (exact) mass is 275 g/mol. The van der Waals surface area contributed by atoms with Gasteiger partial charge in [-0.25, -0.2) is 0 Å². The number of fused-ring (bicyclic) bond motifs is 1. The third-order valence-electron chi connectivity index (χ3n) is 2.85. The molecule has 0 saturated carbocycles. The van der Waals surface area contributed by atoms with Gasteiger partial charge < -0.3 is 21.1 Å². The average Bonchev–Trinajstić information content (AvgIpc) is 2.90. The van der Waals surface area contributed by atoms with Gasteiger partial charge in [0.1, 0.15) is 5.75 Å². The van der Waals surface area contributed by atoms with Crippen molar-refractivity contribution in [2.24, 2.45) is 0 Å². The summed E-state index contributed by atoms with van der Waals surface area (Å²) < 4.78 is 5.30. The second kappa shape index (κ2) is 4.81. The second-order valence-corrected chi connectivity index (χ2v) is 5.04. The van der Waals surface area contributed by atoms with Crippen LogP contribution in [0.5, 0.6) is 5.75 Å². The van der Waals surface area contributed by atoms with E-state index < -0.39 is 0 Å². The van der Waals surface area contributed by atoms with Gasteiger partial charge in [-0.15, -0.1) is 0 Å². The van der Waals surface area contributed by atoms with Gasteiger partial charge in [-0.3, -0.25) is 4.79 Å². The normalized spacial score (nSPS) is 13.4. The average molecular weight is 275 g/mol. The Morgan fingerprint density at radius 2 is 2.37 bits per heavy atom. The Morgan fingerprint density at radius 1 is 1.47 bits per heavy atom. The van der Waals surface area contributed by atoms with Gasteiger partial charge in [0, 0.05) is 12.6 Å². The van der Waals surface area contributed by atoms with Crippen LogP contribution >= 0.6 is 11.3 Å². The summed E-state index contributed by atoms with van der Waals surface area (Å²) in [6.45, 7) is 0.732. The summed E-state index contributed by atoms with van der Waals surface area (Å²) in [5.74, 6) is 0.458. The van der Waals surface area contributed by atoms with Gasteiger partial charge in [-0.2, -0.15) is 11.3 Å². The summed E-state index contributed by atoms with van der Waals surface area (Å²) in [5.41, 5.74) is 9.20. The van der Waals surface area contributed by atoms with Crippen molar-refractivity contribution in [3.05, 3.63) is 34.5 Å². The van der Waals surface area contributed by atoms with Gasteiger partial charge >= 0.3 is 0 Å². The number of nitrogen functional groups attached to an aromatic ring is 1. The number of ether oxygens (including phenoxy) is 1. The molecule has 1 aliphatic rings. The summed E-state index contributed by atoms with van der Waals surface area (Å²) in [5, 5.41) is 10.1. The molecular formula is C13H13N3O2S. The Kier molecular flexibility index (Phi) is 3.00. The number of benzene rings is 1. The van der Waals surface area contributed by atoms with Crippen molar-refractivity contribution in [1.82, 2.24) is 0 Å². The fraction of sp³-hybridized carbons (Fsp3) is 0.154. The van der Waals surface area contributed by atoms with Crippen LogP contribution in [0.4, 0.5) is 17.1 Å². The molecule has 3 rings (SSSR count). The molecule has 5 nitrogen and oxygen atoms in total. The SMILES string of the molecule is Nc1cc2c(cc1NCc1ccsc1)NC(=O)CO2. The summed E-state index contributed by atoms with van der Waals surface area (Å²) in [6, 6.07) is 5.58. The van der Waals surface area contributed by atoms with Crippen molar-refractivity contribution in [1.29, 1.82) is 0 Å². The molecule has 0 atom stereocenters. The molecule has 0 aliphatic carbocycles. The van der Waals surface area contributed by atoms with Crippen LogP contribution in [-0.4, -0.2) is 12.5 Å². The highest BCUT2D eigenvalue weighted by molar-refractivity contribution is 7.07. The molecule has 0 bridgehead atoms. The van der Waals surface area contributed by atoms with Gasteiger partial charge in [-0.05, 0) is 28.5 Å². The molecule has 1 aromatic carbocycles. The summed E-state index contributed by atoms with van der Waals surface area (Å²) in [6.07, 6.45) is 0.